The largest absolute Gasteiger partial charge is 0.451 e. The summed E-state index contributed by atoms with van der Waals surface area (Å²) in [4.78, 5) is 61.1. The molecule has 0 bridgehead atoms. The summed E-state index contributed by atoms with van der Waals surface area (Å²) >= 11 is 0. The Labute approximate surface area is 211 Å². The average molecular weight is 515 g/mol. The van der Waals surface area contributed by atoms with Crippen molar-refractivity contribution in [2.24, 2.45) is 11.3 Å². The van der Waals surface area contributed by atoms with E-state index in [1.807, 2.05) is 27.7 Å². The zero-order chi connectivity index (χ0) is 27.4. The first-order valence-electron chi connectivity index (χ1n) is 12.1. The maximum absolute atomic E-state index is 13.3. The van der Waals surface area contributed by atoms with Crippen LogP contribution in [-0.2, 0) is 52.4 Å². The van der Waals surface area contributed by atoms with Crippen LogP contribution >= 0.6 is 0 Å². The van der Waals surface area contributed by atoms with E-state index in [4.69, 9.17) is 28.4 Å². The molecule has 0 N–H and O–H groups in total. The zero-order valence-electron chi connectivity index (χ0n) is 22.3. The summed E-state index contributed by atoms with van der Waals surface area (Å²) in [6.07, 6.45) is -4.10. The van der Waals surface area contributed by atoms with E-state index in [0.29, 0.717) is 12.8 Å². The van der Waals surface area contributed by atoms with Gasteiger partial charge in [-0.15, -0.1) is 0 Å². The number of carbonyl (C=O) groups excluding carboxylic acids is 5. The first-order valence-corrected chi connectivity index (χ1v) is 12.1. The highest BCUT2D eigenvalue weighted by atomic mass is 16.8. The molecule has 0 unspecified atom stereocenters. The second kappa shape index (κ2) is 11.7. The molecule has 11 heteroatoms. The summed E-state index contributed by atoms with van der Waals surface area (Å²) < 4.78 is 33.0. The third-order valence-corrected chi connectivity index (χ3v) is 6.17. The van der Waals surface area contributed by atoms with E-state index in [-0.39, 0.29) is 18.6 Å². The van der Waals surface area contributed by atoms with Crippen LogP contribution in [0.2, 0.25) is 0 Å². The van der Waals surface area contributed by atoms with E-state index >= 15 is 0 Å². The fourth-order valence-corrected chi connectivity index (χ4v) is 4.69. The molecule has 0 aromatic carbocycles. The molecule has 1 saturated carbocycles. The number of hydrogen-bond acceptors (Lipinski definition) is 11. The van der Waals surface area contributed by atoms with Crippen LogP contribution in [0.5, 0.6) is 0 Å². The fourth-order valence-electron chi connectivity index (χ4n) is 4.69. The summed E-state index contributed by atoms with van der Waals surface area (Å²) in [5, 5.41) is 0. The Kier molecular flexibility index (Phi) is 9.64. The van der Waals surface area contributed by atoms with Gasteiger partial charge in [0.25, 0.3) is 0 Å². The van der Waals surface area contributed by atoms with E-state index in [1.54, 1.807) is 0 Å². The smallest absolute Gasteiger partial charge is 0.349 e. The molecule has 36 heavy (non-hydrogen) atoms. The highest BCUT2D eigenvalue weighted by molar-refractivity contribution is 5.84. The predicted octanol–water partition coefficient (Wildman–Crippen LogP) is 2.61. The molecular formula is C25H38O11. The minimum Gasteiger partial charge on any atom is -0.451 e. The lowest BCUT2D eigenvalue weighted by Gasteiger charge is -2.50. The van der Waals surface area contributed by atoms with Crippen LogP contribution in [0.3, 0.4) is 0 Å². The molecule has 0 spiro atoms. The number of ether oxygens (including phenoxy) is 6. The topological polar surface area (TPSA) is 141 Å². The molecule has 11 nitrogen and oxygen atoms in total. The molecular weight excluding hydrogens is 476 g/mol. The lowest BCUT2D eigenvalue weighted by atomic mass is 9.67. The first kappa shape index (κ1) is 29.7. The lowest BCUT2D eigenvalue weighted by Crippen LogP contribution is -2.58. The maximum atomic E-state index is 13.3. The summed E-state index contributed by atoms with van der Waals surface area (Å²) in [5.41, 5.74) is -1.49. The molecule has 204 valence electrons. The molecule has 1 saturated heterocycles. The summed E-state index contributed by atoms with van der Waals surface area (Å²) in [5.74, 6) is -4.19. The van der Waals surface area contributed by atoms with E-state index in [2.05, 4.69) is 0 Å². The lowest BCUT2D eigenvalue weighted by molar-refractivity contribution is -0.309. The van der Waals surface area contributed by atoms with Crippen molar-refractivity contribution in [1.29, 1.82) is 0 Å². The molecule has 0 aromatic heterocycles. The number of carbonyl (C=O) groups is 5. The monoisotopic (exact) mass is 514 g/mol. The summed E-state index contributed by atoms with van der Waals surface area (Å²) in [6.45, 7) is 12.5. The van der Waals surface area contributed by atoms with Gasteiger partial charge in [0.1, 0.15) is 5.78 Å². The SMILES string of the molecule is CC(=O)O[C@@H](C)C(=O)O[C@@H]1C[C@]2(C)[C@@H](OC(C)(C)C)CCCC(=O)[C@H]2[C@@H](OC(=O)[C@H](C)OC(C)=O)O1. The van der Waals surface area contributed by atoms with Gasteiger partial charge in [0.2, 0.25) is 12.6 Å². The third kappa shape index (κ3) is 7.73. The zero-order valence-corrected chi connectivity index (χ0v) is 22.3. The standard InChI is InChI=1S/C25H38O11/c1-13(31-15(3)26)21(29)33-19-12-25(8)18(36-24(5,6)7)11-9-10-17(28)20(25)23(34-19)35-22(30)14(2)32-16(4)27/h13-14,18-20,23H,9-12H2,1-8H3/t13-,14-,18-,19-,20-,23+,25+/m0/s1. The molecule has 1 aliphatic heterocycles. The van der Waals surface area contributed by atoms with Gasteiger partial charge in [0.15, 0.2) is 12.2 Å². The van der Waals surface area contributed by atoms with Crippen LogP contribution < -0.4 is 0 Å². The van der Waals surface area contributed by atoms with Crippen molar-refractivity contribution < 1.29 is 52.4 Å². The van der Waals surface area contributed by atoms with Crippen molar-refractivity contribution in [1.82, 2.24) is 0 Å². The van der Waals surface area contributed by atoms with Crippen molar-refractivity contribution in [3.63, 3.8) is 0 Å². The van der Waals surface area contributed by atoms with Crippen molar-refractivity contribution in [2.75, 3.05) is 0 Å². The number of Topliss-reactive ketones (excluding diaryl/α,β-unsaturated/α-hetero) is 1. The maximum Gasteiger partial charge on any atom is 0.349 e. The highest BCUT2D eigenvalue weighted by Crippen LogP contribution is 2.50. The van der Waals surface area contributed by atoms with Crippen LogP contribution in [0.25, 0.3) is 0 Å². The van der Waals surface area contributed by atoms with E-state index < -0.39 is 71.7 Å². The van der Waals surface area contributed by atoms with Gasteiger partial charge in [-0.05, 0) is 47.5 Å². The van der Waals surface area contributed by atoms with Crippen LogP contribution in [0.4, 0.5) is 0 Å². The highest BCUT2D eigenvalue weighted by Gasteiger charge is 2.58. The van der Waals surface area contributed by atoms with Crippen molar-refractivity contribution in [3.05, 3.63) is 0 Å². The molecule has 0 radical (unpaired) electrons. The molecule has 1 aliphatic carbocycles. The third-order valence-electron chi connectivity index (χ3n) is 6.17. The van der Waals surface area contributed by atoms with E-state index in [0.717, 1.165) is 13.8 Å². The number of hydrogen-bond donors (Lipinski definition) is 0. The molecule has 1 heterocycles. The first-order chi connectivity index (χ1) is 16.5. The van der Waals surface area contributed by atoms with Crippen LogP contribution in [-0.4, -0.2) is 66.2 Å². The molecule has 2 fully saturated rings. The van der Waals surface area contributed by atoms with Crippen LogP contribution in [0.1, 0.15) is 81.1 Å². The Balaban J connectivity index is 2.41. The molecule has 0 amide bonds. The van der Waals surface area contributed by atoms with Crippen LogP contribution in [0.15, 0.2) is 0 Å². The number of ketones is 1. The normalized spacial score (nSPS) is 30.2. The molecule has 2 rings (SSSR count). The summed E-state index contributed by atoms with van der Waals surface area (Å²) in [7, 11) is 0. The Hall–Kier alpha value is -2.53. The molecule has 2 aliphatic rings. The van der Waals surface area contributed by atoms with Crippen molar-refractivity contribution >= 4 is 29.7 Å². The Morgan fingerprint density at radius 3 is 2.00 bits per heavy atom. The van der Waals surface area contributed by atoms with E-state index in [1.165, 1.54) is 13.8 Å². The minimum absolute atomic E-state index is 0.0796. The van der Waals surface area contributed by atoms with E-state index in [9.17, 15) is 24.0 Å². The quantitative estimate of drug-likeness (QED) is 0.366. The average Bonchev–Trinajstić information content (AvgIpc) is 2.81. The van der Waals surface area contributed by atoms with Gasteiger partial charge in [0.05, 0.1) is 17.6 Å². The second-order valence-corrected chi connectivity index (χ2v) is 10.6. The molecule has 0 aromatic rings. The van der Waals surface area contributed by atoms with Gasteiger partial charge in [-0.25, -0.2) is 9.59 Å². The Bertz CT molecular complexity index is 861. The number of fused-ring (bicyclic) bond motifs is 1. The van der Waals surface area contributed by atoms with Gasteiger partial charge >= 0.3 is 23.9 Å². The van der Waals surface area contributed by atoms with Crippen molar-refractivity contribution in [3.8, 4) is 0 Å². The predicted molar refractivity (Wildman–Crippen MR) is 123 cm³/mol. The number of rotatable bonds is 7. The van der Waals surface area contributed by atoms with Gasteiger partial charge in [-0.3, -0.25) is 14.4 Å². The van der Waals surface area contributed by atoms with Crippen LogP contribution in [0, 0.1) is 11.3 Å². The van der Waals surface area contributed by atoms with Gasteiger partial charge in [-0.2, -0.15) is 0 Å². The Morgan fingerprint density at radius 1 is 0.972 bits per heavy atom. The number of esters is 4. The fraction of sp³-hybridized carbons (Fsp3) is 0.800. The minimum atomic E-state index is -1.42. The second-order valence-electron chi connectivity index (χ2n) is 10.6. The van der Waals surface area contributed by atoms with Gasteiger partial charge < -0.3 is 28.4 Å². The summed E-state index contributed by atoms with van der Waals surface area (Å²) in [6, 6.07) is 0. The van der Waals surface area contributed by atoms with Crippen molar-refractivity contribution in [2.45, 2.75) is 118 Å². The van der Waals surface area contributed by atoms with Gasteiger partial charge in [0, 0.05) is 32.1 Å². The van der Waals surface area contributed by atoms with Gasteiger partial charge in [-0.1, -0.05) is 6.92 Å². The Morgan fingerprint density at radius 2 is 1.50 bits per heavy atom. The molecule has 7 atom stereocenters.